The first-order valence-corrected chi connectivity index (χ1v) is 8.86. The third-order valence-corrected chi connectivity index (χ3v) is 4.22. The van der Waals surface area contributed by atoms with Gasteiger partial charge in [-0.25, -0.2) is 15.0 Å². The average Bonchev–Trinajstić information content (AvgIpc) is 2.67. The number of rotatable bonds is 7. The Balaban J connectivity index is 1.61. The van der Waals surface area contributed by atoms with Gasteiger partial charge < -0.3 is 16.4 Å². The number of pyridine rings is 1. The van der Waals surface area contributed by atoms with Crippen molar-refractivity contribution in [2.75, 3.05) is 29.5 Å². The highest BCUT2D eigenvalue weighted by Crippen LogP contribution is 2.32. The molecule has 0 saturated carbocycles. The molecule has 3 aromatic rings. The van der Waals surface area contributed by atoms with Crippen molar-refractivity contribution in [1.82, 2.24) is 15.0 Å². The standard InChI is InChI=1S/C17H15Cl2N7O2/c18-10-1-3-12(13(19)7-10)16-14(20)9-24-17(25-16)22-6-5-21-15-4-2-11(8-23-15)26(27)28/h1-4,7-9H,5-6,20H2,(H,21,23)(H,22,24,25). The molecule has 0 bridgehead atoms. The van der Waals surface area contributed by atoms with Gasteiger partial charge in [0.15, 0.2) is 0 Å². The topological polar surface area (TPSA) is 132 Å². The van der Waals surface area contributed by atoms with Gasteiger partial charge in [-0.05, 0) is 24.3 Å². The van der Waals surface area contributed by atoms with Crippen molar-refractivity contribution in [3.05, 3.63) is 62.9 Å². The molecule has 0 fully saturated rings. The highest BCUT2D eigenvalue weighted by Gasteiger charge is 2.11. The summed E-state index contributed by atoms with van der Waals surface area (Å²) >= 11 is 12.2. The van der Waals surface area contributed by atoms with Crippen molar-refractivity contribution in [1.29, 1.82) is 0 Å². The van der Waals surface area contributed by atoms with Gasteiger partial charge in [0.25, 0.3) is 5.69 Å². The summed E-state index contributed by atoms with van der Waals surface area (Å²) in [6.45, 7) is 0.978. The van der Waals surface area contributed by atoms with Gasteiger partial charge in [0, 0.05) is 29.7 Å². The van der Waals surface area contributed by atoms with E-state index in [1.807, 2.05) is 0 Å². The number of hydrogen-bond acceptors (Lipinski definition) is 8. The molecule has 2 aromatic heterocycles. The zero-order valence-corrected chi connectivity index (χ0v) is 15.9. The second kappa shape index (κ2) is 8.68. The van der Waals surface area contributed by atoms with Gasteiger partial charge in [0.2, 0.25) is 5.95 Å². The first kappa shape index (κ1) is 19.6. The molecule has 0 amide bonds. The van der Waals surface area contributed by atoms with Crippen LogP contribution in [0.1, 0.15) is 0 Å². The van der Waals surface area contributed by atoms with E-state index in [0.29, 0.717) is 51.8 Å². The van der Waals surface area contributed by atoms with Crippen LogP contribution in [0.25, 0.3) is 11.3 Å². The maximum absolute atomic E-state index is 10.6. The Morgan fingerprint density at radius 1 is 1.07 bits per heavy atom. The molecule has 9 nitrogen and oxygen atoms in total. The largest absolute Gasteiger partial charge is 0.396 e. The fourth-order valence-corrected chi connectivity index (χ4v) is 2.84. The Labute approximate surface area is 170 Å². The van der Waals surface area contributed by atoms with Gasteiger partial charge in [0.1, 0.15) is 17.7 Å². The molecule has 11 heteroatoms. The third kappa shape index (κ3) is 4.76. The van der Waals surface area contributed by atoms with Crippen LogP contribution in [-0.4, -0.2) is 33.0 Å². The molecule has 0 aliphatic carbocycles. The lowest BCUT2D eigenvalue weighted by atomic mass is 10.1. The number of nitrogen functional groups attached to an aromatic ring is 1. The summed E-state index contributed by atoms with van der Waals surface area (Å²) in [5.41, 5.74) is 7.47. The molecular weight excluding hydrogens is 405 g/mol. The van der Waals surface area contributed by atoms with E-state index in [1.165, 1.54) is 18.5 Å². The average molecular weight is 420 g/mol. The van der Waals surface area contributed by atoms with Crippen LogP contribution in [0.3, 0.4) is 0 Å². The molecular formula is C17H15Cl2N7O2. The number of anilines is 3. The van der Waals surface area contributed by atoms with Crippen LogP contribution in [0, 0.1) is 10.1 Å². The molecule has 0 aliphatic rings. The second-order valence-corrected chi connectivity index (χ2v) is 6.48. The van der Waals surface area contributed by atoms with Crippen molar-refractivity contribution >= 4 is 46.3 Å². The van der Waals surface area contributed by atoms with Gasteiger partial charge >= 0.3 is 0 Å². The summed E-state index contributed by atoms with van der Waals surface area (Å²) in [5, 5.41) is 17.7. The molecule has 0 aliphatic heterocycles. The number of hydrogen-bond donors (Lipinski definition) is 3. The van der Waals surface area contributed by atoms with E-state index in [9.17, 15) is 10.1 Å². The highest BCUT2D eigenvalue weighted by atomic mass is 35.5. The SMILES string of the molecule is Nc1cnc(NCCNc2ccc([N+](=O)[O-])cn2)nc1-c1ccc(Cl)cc1Cl. The molecule has 0 unspecified atom stereocenters. The smallest absolute Gasteiger partial charge is 0.287 e. The predicted octanol–water partition coefficient (Wildman–Crippen LogP) is 3.86. The van der Waals surface area contributed by atoms with Crippen molar-refractivity contribution in [2.24, 2.45) is 0 Å². The molecule has 3 rings (SSSR count). The van der Waals surface area contributed by atoms with Crippen LogP contribution < -0.4 is 16.4 Å². The lowest BCUT2D eigenvalue weighted by Crippen LogP contribution is -2.16. The number of halogens is 2. The molecule has 2 heterocycles. The van der Waals surface area contributed by atoms with E-state index in [0.717, 1.165) is 0 Å². The van der Waals surface area contributed by atoms with E-state index in [2.05, 4.69) is 25.6 Å². The molecule has 0 radical (unpaired) electrons. The van der Waals surface area contributed by atoms with Crippen LogP contribution in [0.15, 0.2) is 42.7 Å². The Hall–Kier alpha value is -3.17. The van der Waals surface area contributed by atoms with E-state index in [1.54, 1.807) is 24.3 Å². The summed E-state index contributed by atoms with van der Waals surface area (Å²) in [7, 11) is 0. The van der Waals surface area contributed by atoms with Gasteiger partial charge in [-0.3, -0.25) is 10.1 Å². The number of benzene rings is 1. The monoisotopic (exact) mass is 419 g/mol. The molecule has 144 valence electrons. The minimum Gasteiger partial charge on any atom is -0.396 e. The van der Waals surface area contributed by atoms with Crippen LogP contribution in [0.2, 0.25) is 10.0 Å². The quantitative estimate of drug-likeness (QED) is 0.298. The lowest BCUT2D eigenvalue weighted by molar-refractivity contribution is -0.385. The van der Waals surface area contributed by atoms with E-state index in [-0.39, 0.29) is 5.69 Å². The van der Waals surface area contributed by atoms with Crippen LogP contribution in [0.5, 0.6) is 0 Å². The van der Waals surface area contributed by atoms with E-state index >= 15 is 0 Å². The minimum absolute atomic E-state index is 0.0626. The molecule has 4 N–H and O–H groups in total. The van der Waals surface area contributed by atoms with E-state index < -0.39 is 4.92 Å². The maximum atomic E-state index is 10.6. The van der Waals surface area contributed by atoms with Crippen LogP contribution in [-0.2, 0) is 0 Å². The third-order valence-electron chi connectivity index (χ3n) is 3.68. The lowest BCUT2D eigenvalue weighted by Gasteiger charge is -2.11. The van der Waals surface area contributed by atoms with Gasteiger partial charge in [-0.2, -0.15) is 0 Å². The Bertz CT molecular complexity index is 999. The maximum Gasteiger partial charge on any atom is 0.287 e. The first-order chi connectivity index (χ1) is 13.4. The van der Waals surface area contributed by atoms with Crippen molar-refractivity contribution in [3.63, 3.8) is 0 Å². The van der Waals surface area contributed by atoms with Gasteiger partial charge in [-0.15, -0.1) is 0 Å². The van der Waals surface area contributed by atoms with Crippen molar-refractivity contribution in [2.45, 2.75) is 0 Å². The zero-order chi connectivity index (χ0) is 20.1. The minimum atomic E-state index is -0.499. The molecule has 0 saturated heterocycles. The number of nitro groups is 1. The number of nitrogens with two attached hydrogens (primary N) is 1. The summed E-state index contributed by atoms with van der Waals surface area (Å²) in [6, 6.07) is 7.99. The summed E-state index contributed by atoms with van der Waals surface area (Å²) in [5.74, 6) is 0.910. The summed E-state index contributed by atoms with van der Waals surface area (Å²) in [4.78, 5) is 22.7. The summed E-state index contributed by atoms with van der Waals surface area (Å²) in [6.07, 6.45) is 2.70. The Morgan fingerprint density at radius 2 is 1.86 bits per heavy atom. The summed E-state index contributed by atoms with van der Waals surface area (Å²) < 4.78 is 0. The first-order valence-electron chi connectivity index (χ1n) is 8.10. The zero-order valence-electron chi connectivity index (χ0n) is 14.4. The van der Waals surface area contributed by atoms with Crippen LogP contribution >= 0.6 is 23.2 Å². The van der Waals surface area contributed by atoms with Gasteiger partial charge in [0.05, 0.1) is 21.8 Å². The number of nitrogens with zero attached hydrogens (tertiary/aromatic N) is 4. The highest BCUT2D eigenvalue weighted by molar-refractivity contribution is 6.36. The van der Waals surface area contributed by atoms with Gasteiger partial charge in [-0.1, -0.05) is 23.2 Å². The Kier molecular flexibility index (Phi) is 6.07. The molecule has 1 aromatic carbocycles. The Morgan fingerprint density at radius 3 is 2.54 bits per heavy atom. The van der Waals surface area contributed by atoms with E-state index in [4.69, 9.17) is 28.9 Å². The van der Waals surface area contributed by atoms with Crippen molar-refractivity contribution < 1.29 is 4.92 Å². The van der Waals surface area contributed by atoms with Crippen molar-refractivity contribution in [3.8, 4) is 11.3 Å². The number of nitrogens with one attached hydrogen (secondary N) is 2. The number of aromatic nitrogens is 3. The fraction of sp³-hybridized carbons (Fsp3) is 0.118. The normalized spacial score (nSPS) is 10.5. The van der Waals surface area contributed by atoms with Crippen LogP contribution in [0.4, 0.5) is 23.1 Å². The molecule has 0 atom stereocenters. The molecule has 28 heavy (non-hydrogen) atoms. The second-order valence-electron chi connectivity index (χ2n) is 5.63. The molecule has 0 spiro atoms. The fourth-order valence-electron chi connectivity index (χ4n) is 2.34. The predicted molar refractivity (Wildman–Crippen MR) is 110 cm³/mol.